The van der Waals surface area contributed by atoms with E-state index < -0.39 is 0 Å². The summed E-state index contributed by atoms with van der Waals surface area (Å²) in [6, 6.07) is 2.07. The van der Waals surface area contributed by atoms with E-state index in [1.807, 2.05) is 0 Å². The Kier molecular flexibility index (Phi) is 6.93. The number of carbonyl (C=O) groups is 1. The van der Waals surface area contributed by atoms with Crippen molar-refractivity contribution in [3.63, 3.8) is 0 Å². The molecule has 4 nitrogen and oxygen atoms in total. The Morgan fingerprint density at radius 1 is 1.46 bits per heavy atom. The molecule has 4 heteroatoms. The first kappa shape index (κ1) is 11.9. The number of nitriles is 1. The Balaban J connectivity index is 3.17. The Morgan fingerprint density at radius 3 is 2.69 bits per heavy atom. The van der Waals surface area contributed by atoms with Crippen LogP contribution >= 0.6 is 0 Å². The van der Waals surface area contributed by atoms with Gasteiger partial charge in [0.15, 0.2) is 0 Å². The molecule has 0 saturated carbocycles. The van der Waals surface area contributed by atoms with E-state index in [4.69, 9.17) is 5.26 Å². The summed E-state index contributed by atoms with van der Waals surface area (Å²) in [6.45, 7) is 1.51. The van der Waals surface area contributed by atoms with Gasteiger partial charge in [0.25, 0.3) is 0 Å². The summed E-state index contributed by atoms with van der Waals surface area (Å²) in [7, 11) is 3.50. The minimum absolute atomic E-state index is 0.132. The topological polar surface area (TPSA) is 56.1 Å². The van der Waals surface area contributed by atoms with Gasteiger partial charge >= 0.3 is 0 Å². The molecule has 13 heavy (non-hydrogen) atoms. The molecule has 0 unspecified atom stereocenters. The van der Waals surface area contributed by atoms with Gasteiger partial charge in [0.2, 0.25) is 5.91 Å². The summed E-state index contributed by atoms with van der Waals surface area (Å²) < 4.78 is 0. The Labute approximate surface area is 79.5 Å². The molecule has 0 aromatic carbocycles. The SMILES string of the molecule is CN(C)C(=O)CCNCCCC#N. The van der Waals surface area contributed by atoms with Crippen LogP contribution in [0.3, 0.4) is 0 Å². The number of rotatable bonds is 6. The second-order valence-corrected chi connectivity index (χ2v) is 3.05. The van der Waals surface area contributed by atoms with E-state index in [1.165, 1.54) is 0 Å². The normalized spacial score (nSPS) is 9.31. The first-order valence-corrected chi connectivity index (χ1v) is 4.46. The van der Waals surface area contributed by atoms with Gasteiger partial charge in [-0.1, -0.05) is 0 Å². The van der Waals surface area contributed by atoms with Crippen molar-refractivity contribution in [2.24, 2.45) is 0 Å². The van der Waals surface area contributed by atoms with Crippen LogP contribution in [0.4, 0.5) is 0 Å². The Morgan fingerprint density at radius 2 is 2.15 bits per heavy atom. The van der Waals surface area contributed by atoms with Crippen molar-refractivity contribution in [1.29, 1.82) is 5.26 Å². The van der Waals surface area contributed by atoms with Crippen molar-refractivity contribution in [3.8, 4) is 6.07 Å². The predicted molar refractivity (Wildman–Crippen MR) is 51.0 cm³/mol. The highest BCUT2D eigenvalue weighted by atomic mass is 16.2. The molecule has 0 atom stereocenters. The lowest BCUT2D eigenvalue weighted by atomic mass is 10.3. The van der Waals surface area contributed by atoms with Crippen molar-refractivity contribution in [2.45, 2.75) is 19.3 Å². The minimum Gasteiger partial charge on any atom is -0.349 e. The van der Waals surface area contributed by atoms with E-state index in [9.17, 15) is 4.79 Å². The molecule has 0 aromatic heterocycles. The van der Waals surface area contributed by atoms with Gasteiger partial charge in [-0.3, -0.25) is 4.79 Å². The highest BCUT2D eigenvalue weighted by molar-refractivity contribution is 5.75. The molecule has 0 heterocycles. The van der Waals surface area contributed by atoms with Gasteiger partial charge in [-0.2, -0.15) is 5.26 Å². The molecule has 0 aliphatic heterocycles. The molecule has 74 valence electrons. The Hall–Kier alpha value is -1.08. The van der Waals surface area contributed by atoms with Crippen molar-refractivity contribution in [3.05, 3.63) is 0 Å². The first-order chi connectivity index (χ1) is 6.18. The average molecular weight is 183 g/mol. The third kappa shape index (κ3) is 7.29. The lowest BCUT2D eigenvalue weighted by Crippen LogP contribution is -2.27. The van der Waals surface area contributed by atoms with Gasteiger partial charge in [0, 0.05) is 33.5 Å². The van der Waals surface area contributed by atoms with Gasteiger partial charge in [0.05, 0.1) is 6.07 Å². The number of amides is 1. The van der Waals surface area contributed by atoms with Crippen molar-refractivity contribution in [1.82, 2.24) is 10.2 Å². The summed E-state index contributed by atoms with van der Waals surface area (Å²) in [5.41, 5.74) is 0. The third-order valence-electron chi connectivity index (χ3n) is 1.66. The number of nitrogens with zero attached hydrogens (tertiary/aromatic N) is 2. The average Bonchev–Trinajstić information content (AvgIpc) is 2.10. The van der Waals surface area contributed by atoms with E-state index in [0.29, 0.717) is 19.4 Å². The maximum atomic E-state index is 11.1. The monoisotopic (exact) mass is 183 g/mol. The fourth-order valence-corrected chi connectivity index (χ4v) is 0.836. The van der Waals surface area contributed by atoms with Crippen molar-refractivity contribution in [2.75, 3.05) is 27.2 Å². The van der Waals surface area contributed by atoms with Gasteiger partial charge in [0.1, 0.15) is 0 Å². The van der Waals surface area contributed by atoms with E-state index in [1.54, 1.807) is 19.0 Å². The molecule has 0 bridgehead atoms. The standard InChI is InChI=1S/C9H17N3O/c1-12(2)9(13)5-8-11-7-4-3-6-10/h11H,3-5,7-8H2,1-2H3. The molecule has 0 radical (unpaired) electrons. The highest BCUT2D eigenvalue weighted by Gasteiger charge is 2.01. The lowest BCUT2D eigenvalue weighted by molar-refractivity contribution is -0.128. The summed E-state index contributed by atoms with van der Waals surface area (Å²) in [5.74, 6) is 0.132. The fraction of sp³-hybridized carbons (Fsp3) is 0.778. The van der Waals surface area contributed by atoms with E-state index in [-0.39, 0.29) is 5.91 Å². The highest BCUT2D eigenvalue weighted by Crippen LogP contribution is 1.86. The first-order valence-electron chi connectivity index (χ1n) is 4.46. The second-order valence-electron chi connectivity index (χ2n) is 3.05. The molecule has 0 rings (SSSR count). The van der Waals surface area contributed by atoms with E-state index >= 15 is 0 Å². The smallest absolute Gasteiger partial charge is 0.223 e. The largest absolute Gasteiger partial charge is 0.349 e. The third-order valence-corrected chi connectivity index (χ3v) is 1.66. The van der Waals surface area contributed by atoms with Crippen molar-refractivity contribution < 1.29 is 4.79 Å². The van der Waals surface area contributed by atoms with Crippen LogP contribution in [0.15, 0.2) is 0 Å². The van der Waals surface area contributed by atoms with Crippen LogP contribution < -0.4 is 5.32 Å². The summed E-state index contributed by atoms with van der Waals surface area (Å²) in [5, 5.41) is 11.4. The van der Waals surface area contributed by atoms with Crippen LogP contribution in [0.5, 0.6) is 0 Å². The minimum atomic E-state index is 0.132. The van der Waals surface area contributed by atoms with Crippen LogP contribution in [-0.4, -0.2) is 38.0 Å². The van der Waals surface area contributed by atoms with Crippen LogP contribution in [-0.2, 0) is 4.79 Å². The maximum absolute atomic E-state index is 11.1. The molecule has 0 spiro atoms. The fourth-order valence-electron chi connectivity index (χ4n) is 0.836. The molecule has 0 aliphatic rings. The van der Waals surface area contributed by atoms with Crippen LogP contribution in [0.2, 0.25) is 0 Å². The van der Waals surface area contributed by atoms with Gasteiger partial charge in [-0.15, -0.1) is 0 Å². The van der Waals surface area contributed by atoms with Crippen LogP contribution in [0, 0.1) is 11.3 Å². The predicted octanol–water partition coefficient (Wildman–Crippen LogP) is 0.358. The van der Waals surface area contributed by atoms with Gasteiger partial charge in [-0.25, -0.2) is 0 Å². The molecular weight excluding hydrogens is 166 g/mol. The summed E-state index contributed by atoms with van der Waals surface area (Å²) in [4.78, 5) is 12.6. The number of unbranched alkanes of at least 4 members (excludes halogenated alkanes) is 1. The number of carbonyl (C=O) groups excluding carboxylic acids is 1. The lowest BCUT2D eigenvalue weighted by Gasteiger charge is -2.09. The zero-order valence-electron chi connectivity index (χ0n) is 8.34. The molecule has 0 aromatic rings. The van der Waals surface area contributed by atoms with Gasteiger partial charge in [-0.05, 0) is 13.0 Å². The van der Waals surface area contributed by atoms with E-state index in [0.717, 1.165) is 13.0 Å². The molecule has 0 saturated heterocycles. The van der Waals surface area contributed by atoms with E-state index in [2.05, 4.69) is 11.4 Å². The number of nitrogens with one attached hydrogen (secondary N) is 1. The second kappa shape index (κ2) is 7.56. The molecule has 0 fully saturated rings. The molecule has 1 amide bonds. The summed E-state index contributed by atoms with van der Waals surface area (Å²) in [6.07, 6.45) is 1.96. The molecular formula is C9H17N3O. The quantitative estimate of drug-likeness (QED) is 0.605. The molecule has 1 N–H and O–H groups in total. The zero-order valence-corrected chi connectivity index (χ0v) is 8.34. The summed E-state index contributed by atoms with van der Waals surface area (Å²) >= 11 is 0. The number of hydrogen-bond donors (Lipinski definition) is 1. The van der Waals surface area contributed by atoms with Crippen LogP contribution in [0.1, 0.15) is 19.3 Å². The van der Waals surface area contributed by atoms with Crippen LogP contribution in [0.25, 0.3) is 0 Å². The van der Waals surface area contributed by atoms with Crippen molar-refractivity contribution >= 4 is 5.91 Å². The zero-order chi connectivity index (χ0) is 10.1. The molecule has 0 aliphatic carbocycles. The maximum Gasteiger partial charge on any atom is 0.223 e. The van der Waals surface area contributed by atoms with Gasteiger partial charge < -0.3 is 10.2 Å². The Bertz CT molecular complexity index is 184. The number of hydrogen-bond acceptors (Lipinski definition) is 3.